The number of aryl methyl sites for hydroxylation is 1. The first-order valence-electron chi connectivity index (χ1n) is 12.3. The van der Waals surface area contributed by atoms with Crippen molar-refractivity contribution < 1.29 is 24.2 Å². The molecule has 0 aliphatic carbocycles. The minimum absolute atomic E-state index is 0.0921. The van der Waals surface area contributed by atoms with Gasteiger partial charge in [-0.05, 0) is 49.1 Å². The van der Waals surface area contributed by atoms with Crippen LogP contribution in [0.25, 0.3) is 22.3 Å². The molecule has 0 spiro atoms. The number of benzene rings is 1. The molecule has 3 aromatic rings. The van der Waals surface area contributed by atoms with Gasteiger partial charge in [0.1, 0.15) is 12.4 Å². The van der Waals surface area contributed by atoms with E-state index in [2.05, 4.69) is 0 Å². The van der Waals surface area contributed by atoms with Crippen LogP contribution in [0.3, 0.4) is 0 Å². The molecule has 36 heavy (non-hydrogen) atoms. The second-order valence-electron chi connectivity index (χ2n) is 9.34. The highest BCUT2D eigenvalue weighted by Crippen LogP contribution is 2.40. The van der Waals surface area contributed by atoms with Crippen molar-refractivity contribution in [2.24, 2.45) is 0 Å². The zero-order valence-electron chi connectivity index (χ0n) is 20.9. The molecule has 0 fully saturated rings. The third kappa shape index (κ3) is 3.49. The van der Waals surface area contributed by atoms with Crippen LogP contribution in [0.5, 0.6) is 5.75 Å². The van der Waals surface area contributed by atoms with Gasteiger partial charge in [0.25, 0.3) is 5.56 Å². The topological polar surface area (TPSA) is 111 Å². The van der Waals surface area contributed by atoms with Gasteiger partial charge in [0.15, 0.2) is 5.60 Å². The highest BCUT2D eigenvalue weighted by atomic mass is 16.6. The number of esters is 1. The smallest absolute Gasteiger partial charge is 0.414 e. The molecule has 1 amide bonds. The van der Waals surface area contributed by atoms with E-state index in [0.29, 0.717) is 53.3 Å². The molecule has 5 rings (SSSR count). The molecule has 1 N–H and O–H groups in total. The van der Waals surface area contributed by atoms with Gasteiger partial charge in [-0.25, -0.2) is 14.6 Å². The molecule has 0 saturated heterocycles. The third-order valence-corrected chi connectivity index (χ3v) is 7.21. The van der Waals surface area contributed by atoms with Crippen molar-refractivity contribution in [1.29, 1.82) is 0 Å². The lowest BCUT2D eigenvalue weighted by molar-refractivity contribution is -0.172. The lowest BCUT2D eigenvalue weighted by Crippen LogP contribution is -2.44. The summed E-state index contributed by atoms with van der Waals surface area (Å²) in [7, 11) is 1.70. The molecule has 0 bridgehead atoms. The number of carbonyl (C=O) groups is 2. The Bertz CT molecular complexity index is 1480. The maximum atomic E-state index is 13.4. The van der Waals surface area contributed by atoms with Crippen LogP contribution in [0.1, 0.15) is 55.9 Å². The van der Waals surface area contributed by atoms with E-state index < -0.39 is 17.7 Å². The van der Waals surface area contributed by atoms with Crippen LogP contribution < -0.4 is 10.3 Å². The van der Waals surface area contributed by atoms with Crippen LogP contribution in [0, 0.1) is 0 Å². The van der Waals surface area contributed by atoms with E-state index in [0.717, 1.165) is 22.9 Å². The summed E-state index contributed by atoms with van der Waals surface area (Å²) in [5.74, 6) is -0.314. The molecule has 2 aromatic heterocycles. The van der Waals surface area contributed by atoms with Gasteiger partial charge >= 0.3 is 12.1 Å². The molecule has 4 heterocycles. The summed E-state index contributed by atoms with van der Waals surface area (Å²) in [5.41, 5.74) is 2.28. The van der Waals surface area contributed by atoms with Crippen molar-refractivity contribution in [3.63, 3.8) is 0 Å². The molecular weight excluding hydrogens is 462 g/mol. The fourth-order valence-electron chi connectivity index (χ4n) is 5.21. The van der Waals surface area contributed by atoms with Gasteiger partial charge < -0.3 is 24.0 Å². The number of rotatable bonds is 5. The first kappa shape index (κ1) is 24.0. The second-order valence-corrected chi connectivity index (χ2v) is 9.34. The monoisotopic (exact) mass is 491 g/mol. The van der Waals surface area contributed by atoms with Crippen molar-refractivity contribution in [2.75, 3.05) is 13.6 Å². The Labute approximate surface area is 208 Å². The van der Waals surface area contributed by atoms with Crippen molar-refractivity contribution in [3.05, 3.63) is 56.9 Å². The highest BCUT2D eigenvalue weighted by Gasteiger charge is 2.45. The fraction of sp³-hybridized carbons (Fsp3) is 0.407. The van der Waals surface area contributed by atoms with E-state index in [9.17, 15) is 19.5 Å². The molecule has 2 aliphatic rings. The van der Waals surface area contributed by atoms with Gasteiger partial charge in [-0.1, -0.05) is 20.8 Å². The average Bonchev–Trinajstić information content (AvgIpc) is 3.24. The Morgan fingerprint density at radius 2 is 2.00 bits per heavy atom. The quantitative estimate of drug-likeness (QED) is 0.426. The van der Waals surface area contributed by atoms with Gasteiger partial charge in [0.2, 0.25) is 0 Å². The Hall–Kier alpha value is -3.72. The number of amides is 1. The van der Waals surface area contributed by atoms with Crippen molar-refractivity contribution >= 4 is 23.0 Å². The molecule has 0 radical (unpaired) electrons. The summed E-state index contributed by atoms with van der Waals surface area (Å²) < 4.78 is 12.4. The number of cyclic esters (lactones) is 1. The predicted molar refractivity (Wildman–Crippen MR) is 133 cm³/mol. The first-order chi connectivity index (χ1) is 17.2. The number of aromatic nitrogens is 2. The number of nitrogens with zero attached hydrogens (tertiary/aromatic N) is 3. The summed E-state index contributed by atoms with van der Waals surface area (Å²) in [4.78, 5) is 44.6. The number of carbonyl (C=O) groups excluding carboxylic acids is 2. The van der Waals surface area contributed by atoms with Gasteiger partial charge in [-0.3, -0.25) is 4.79 Å². The lowest BCUT2D eigenvalue weighted by atomic mass is 9.86. The van der Waals surface area contributed by atoms with Crippen LogP contribution >= 0.6 is 0 Å². The highest BCUT2D eigenvalue weighted by molar-refractivity contribution is 5.90. The molecule has 0 saturated carbocycles. The predicted octanol–water partition coefficient (Wildman–Crippen LogP) is 3.48. The molecule has 1 aromatic carbocycles. The zero-order valence-corrected chi connectivity index (χ0v) is 20.9. The summed E-state index contributed by atoms with van der Waals surface area (Å²) in [6.07, 6.45) is 1.18. The van der Waals surface area contributed by atoms with Gasteiger partial charge in [-0.15, -0.1) is 0 Å². The average molecular weight is 492 g/mol. The van der Waals surface area contributed by atoms with Crippen LogP contribution in [-0.4, -0.2) is 45.2 Å². The fourth-order valence-corrected chi connectivity index (χ4v) is 5.21. The van der Waals surface area contributed by atoms with E-state index in [-0.39, 0.29) is 18.6 Å². The maximum Gasteiger partial charge on any atom is 0.414 e. The maximum absolute atomic E-state index is 13.4. The Kier molecular flexibility index (Phi) is 5.83. The zero-order chi connectivity index (χ0) is 25.8. The molecule has 188 valence electrons. The molecule has 9 heteroatoms. The standard InChI is InChI=1S/C27H29N3O6/c1-5-10-29(4)26(33)36-15-8-9-21-17(11-15)16(6-2)18-13-30-22(23(18)28-21)12-20-19(24(30)31)14-35-25(32)27(20,34)7-3/h8-9,11-12,34H,5-7,10,13-14H2,1-4H3. The number of aliphatic hydroxyl groups is 1. The molecule has 2 aliphatic heterocycles. The lowest BCUT2D eigenvalue weighted by Gasteiger charge is -2.31. The summed E-state index contributed by atoms with van der Waals surface area (Å²) in [6.45, 7) is 6.46. The molecule has 1 atom stereocenters. The van der Waals surface area contributed by atoms with Crippen molar-refractivity contribution in [1.82, 2.24) is 14.5 Å². The number of pyridine rings is 2. The van der Waals surface area contributed by atoms with Crippen molar-refractivity contribution in [3.8, 4) is 17.1 Å². The minimum atomic E-state index is -1.86. The number of hydrogen-bond acceptors (Lipinski definition) is 7. The van der Waals surface area contributed by atoms with Crippen LogP contribution in [0.15, 0.2) is 29.1 Å². The van der Waals surface area contributed by atoms with Crippen LogP contribution in [0.2, 0.25) is 0 Å². The molecular formula is C27H29N3O6. The van der Waals surface area contributed by atoms with E-state index >= 15 is 0 Å². The SMILES string of the molecule is CCCN(C)C(=O)Oc1ccc2nc3c(c(CC)c2c1)Cn1c-3cc2c(c1=O)COC(=O)C2(O)CC. The minimum Gasteiger partial charge on any atom is -0.458 e. The Balaban J connectivity index is 1.64. The summed E-state index contributed by atoms with van der Waals surface area (Å²) in [5, 5.41) is 11.9. The number of fused-ring (bicyclic) bond motifs is 5. The van der Waals surface area contributed by atoms with Crippen molar-refractivity contribution in [2.45, 2.75) is 58.8 Å². The molecule has 1 unspecified atom stereocenters. The van der Waals surface area contributed by atoms with E-state index in [1.54, 1.807) is 36.7 Å². The van der Waals surface area contributed by atoms with Gasteiger partial charge in [0.05, 0.1) is 29.0 Å². The van der Waals surface area contributed by atoms with E-state index in [4.69, 9.17) is 14.5 Å². The first-order valence-corrected chi connectivity index (χ1v) is 12.3. The third-order valence-electron chi connectivity index (χ3n) is 7.21. The Morgan fingerprint density at radius 3 is 2.69 bits per heavy atom. The number of hydrogen-bond donors (Lipinski definition) is 1. The summed E-state index contributed by atoms with van der Waals surface area (Å²) in [6, 6.07) is 7.04. The molecule has 9 nitrogen and oxygen atoms in total. The largest absolute Gasteiger partial charge is 0.458 e. The van der Waals surface area contributed by atoms with Crippen LogP contribution in [-0.2, 0) is 34.7 Å². The van der Waals surface area contributed by atoms with Gasteiger partial charge in [0, 0.05) is 30.1 Å². The Morgan fingerprint density at radius 1 is 1.22 bits per heavy atom. The van der Waals surface area contributed by atoms with E-state index in [1.807, 2.05) is 19.9 Å². The second kappa shape index (κ2) is 8.74. The van der Waals surface area contributed by atoms with E-state index in [1.165, 1.54) is 4.90 Å². The van der Waals surface area contributed by atoms with Crippen LogP contribution in [0.4, 0.5) is 4.79 Å². The van der Waals surface area contributed by atoms with Gasteiger partial charge in [-0.2, -0.15) is 0 Å². The number of ether oxygens (including phenoxy) is 2. The normalized spacial score (nSPS) is 17.9. The summed E-state index contributed by atoms with van der Waals surface area (Å²) >= 11 is 0.